The van der Waals surface area contributed by atoms with Crippen molar-refractivity contribution in [2.75, 3.05) is 13.2 Å². The first-order valence-electron chi connectivity index (χ1n) is 7.13. The fraction of sp³-hybridized carbons (Fsp3) is 0.438. The average Bonchev–Trinajstić information content (AvgIpc) is 2.48. The number of nitrogens with zero attached hydrogens (tertiary/aromatic N) is 1. The van der Waals surface area contributed by atoms with Crippen molar-refractivity contribution < 1.29 is 4.74 Å². The highest BCUT2D eigenvalue weighted by atomic mass is 16.5. The number of aromatic nitrogens is 1. The van der Waals surface area contributed by atoms with Crippen molar-refractivity contribution in [3.05, 3.63) is 36.5 Å². The molecule has 1 aliphatic heterocycles. The number of piperidine rings is 1. The topological polar surface area (TPSA) is 34.1 Å². The van der Waals surface area contributed by atoms with E-state index < -0.39 is 0 Å². The molecule has 1 aliphatic rings. The minimum Gasteiger partial charge on any atom is -0.493 e. The fourth-order valence-electron chi connectivity index (χ4n) is 2.63. The first-order valence-corrected chi connectivity index (χ1v) is 7.13. The molecule has 0 amide bonds. The first kappa shape index (κ1) is 12.4. The Bertz CT molecular complexity index is 535. The summed E-state index contributed by atoms with van der Waals surface area (Å²) in [4.78, 5) is 4.35. The summed E-state index contributed by atoms with van der Waals surface area (Å²) in [5.74, 6) is 0.919. The maximum atomic E-state index is 5.84. The van der Waals surface area contributed by atoms with E-state index in [2.05, 4.69) is 22.4 Å². The Balaban J connectivity index is 1.56. The molecular formula is C16H20N2O. The molecule has 1 atom stereocenters. The van der Waals surface area contributed by atoms with Crippen molar-refractivity contribution in [3.8, 4) is 5.75 Å². The Labute approximate surface area is 114 Å². The number of hydrogen-bond donors (Lipinski definition) is 1. The lowest BCUT2D eigenvalue weighted by Gasteiger charge is -2.23. The van der Waals surface area contributed by atoms with Crippen LogP contribution in [0.4, 0.5) is 0 Å². The average molecular weight is 256 g/mol. The molecule has 3 nitrogen and oxygen atoms in total. The molecule has 3 rings (SSSR count). The molecule has 2 heterocycles. The molecule has 0 spiro atoms. The Morgan fingerprint density at radius 1 is 1.26 bits per heavy atom. The Morgan fingerprint density at radius 2 is 2.26 bits per heavy atom. The highest BCUT2D eigenvalue weighted by molar-refractivity contribution is 5.79. The van der Waals surface area contributed by atoms with Gasteiger partial charge in [0.2, 0.25) is 0 Å². The number of pyridine rings is 1. The van der Waals surface area contributed by atoms with E-state index in [9.17, 15) is 0 Å². The zero-order valence-corrected chi connectivity index (χ0v) is 11.1. The lowest BCUT2D eigenvalue weighted by Crippen LogP contribution is -2.35. The maximum absolute atomic E-state index is 5.84. The van der Waals surface area contributed by atoms with E-state index in [1.54, 1.807) is 0 Å². The van der Waals surface area contributed by atoms with Gasteiger partial charge in [-0.3, -0.25) is 4.98 Å². The zero-order chi connectivity index (χ0) is 12.9. The van der Waals surface area contributed by atoms with Crippen LogP contribution in [0, 0.1) is 0 Å². The monoisotopic (exact) mass is 256 g/mol. The molecule has 1 N–H and O–H groups in total. The van der Waals surface area contributed by atoms with E-state index >= 15 is 0 Å². The molecule has 1 saturated heterocycles. The van der Waals surface area contributed by atoms with Crippen molar-refractivity contribution in [2.45, 2.75) is 31.7 Å². The van der Waals surface area contributed by atoms with Gasteiger partial charge in [0.25, 0.3) is 0 Å². The standard InChI is InChI=1S/C16H20N2O/c1-2-9-17-14(5-1)8-11-19-15-7-6-13-4-3-10-18-16(13)12-15/h3-4,6-7,10,12,14,17H,1-2,5,8-9,11H2. The van der Waals surface area contributed by atoms with Gasteiger partial charge in [-0.05, 0) is 44.0 Å². The molecule has 1 aromatic heterocycles. The van der Waals surface area contributed by atoms with Crippen LogP contribution < -0.4 is 10.1 Å². The molecule has 19 heavy (non-hydrogen) atoms. The number of rotatable bonds is 4. The summed E-state index contributed by atoms with van der Waals surface area (Å²) in [6.07, 6.45) is 6.84. The van der Waals surface area contributed by atoms with Crippen LogP contribution in [0.5, 0.6) is 5.75 Å². The molecule has 2 aromatic rings. The summed E-state index contributed by atoms with van der Waals surface area (Å²) >= 11 is 0. The van der Waals surface area contributed by atoms with E-state index in [-0.39, 0.29) is 0 Å². The Morgan fingerprint density at radius 3 is 3.16 bits per heavy atom. The van der Waals surface area contributed by atoms with Gasteiger partial charge in [-0.25, -0.2) is 0 Å². The molecule has 1 aromatic carbocycles. The maximum Gasteiger partial charge on any atom is 0.121 e. The normalized spacial score (nSPS) is 19.5. The first-order chi connectivity index (χ1) is 9.42. The van der Waals surface area contributed by atoms with Crippen LogP contribution in [-0.4, -0.2) is 24.2 Å². The van der Waals surface area contributed by atoms with Gasteiger partial charge in [0.05, 0.1) is 12.1 Å². The van der Waals surface area contributed by atoms with Gasteiger partial charge < -0.3 is 10.1 Å². The second-order valence-electron chi connectivity index (χ2n) is 5.14. The van der Waals surface area contributed by atoms with E-state index in [0.29, 0.717) is 6.04 Å². The SMILES string of the molecule is c1cnc2cc(OCCC3CCCCN3)ccc2c1. The minimum absolute atomic E-state index is 0.632. The lowest BCUT2D eigenvalue weighted by molar-refractivity contribution is 0.268. The number of benzene rings is 1. The highest BCUT2D eigenvalue weighted by Gasteiger charge is 2.12. The molecule has 0 aliphatic carbocycles. The number of fused-ring (bicyclic) bond motifs is 1. The Hall–Kier alpha value is -1.61. The smallest absolute Gasteiger partial charge is 0.121 e. The summed E-state index contributed by atoms with van der Waals surface area (Å²) < 4.78 is 5.84. The second kappa shape index (κ2) is 6.02. The van der Waals surface area contributed by atoms with Gasteiger partial charge in [0.1, 0.15) is 5.75 Å². The minimum atomic E-state index is 0.632. The number of hydrogen-bond acceptors (Lipinski definition) is 3. The molecule has 1 unspecified atom stereocenters. The summed E-state index contributed by atoms with van der Waals surface area (Å²) in [5, 5.41) is 4.70. The molecule has 0 saturated carbocycles. The van der Waals surface area contributed by atoms with Crippen molar-refractivity contribution in [3.63, 3.8) is 0 Å². The number of nitrogens with one attached hydrogen (secondary N) is 1. The summed E-state index contributed by atoms with van der Waals surface area (Å²) in [6, 6.07) is 10.8. The van der Waals surface area contributed by atoms with Crippen molar-refractivity contribution in [2.24, 2.45) is 0 Å². The predicted octanol–water partition coefficient (Wildman–Crippen LogP) is 3.15. The fourth-order valence-corrected chi connectivity index (χ4v) is 2.63. The van der Waals surface area contributed by atoms with Crippen molar-refractivity contribution in [1.29, 1.82) is 0 Å². The summed E-state index contributed by atoms with van der Waals surface area (Å²) in [6.45, 7) is 1.93. The molecule has 100 valence electrons. The highest BCUT2D eigenvalue weighted by Crippen LogP contribution is 2.19. The van der Waals surface area contributed by atoms with Crippen LogP contribution in [0.25, 0.3) is 10.9 Å². The number of ether oxygens (including phenoxy) is 1. The molecule has 0 bridgehead atoms. The van der Waals surface area contributed by atoms with Gasteiger partial charge in [-0.1, -0.05) is 12.5 Å². The Kier molecular flexibility index (Phi) is 3.94. The largest absolute Gasteiger partial charge is 0.493 e. The van der Waals surface area contributed by atoms with Crippen molar-refractivity contribution >= 4 is 10.9 Å². The molecule has 0 radical (unpaired) electrons. The predicted molar refractivity (Wildman–Crippen MR) is 77.5 cm³/mol. The van der Waals surface area contributed by atoms with Gasteiger partial charge >= 0.3 is 0 Å². The summed E-state index contributed by atoms with van der Waals surface area (Å²) in [5.41, 5.74) is 0.996. The molecular weight excluding hydrogens is 236 g/mol. The third-order valence-electron chi connectivity index (χ3n) is 3.72. The molecule has 3 heteroatoms. The lowest BCUT2D eigenvalue weighted by atomic mass is 10.0. The van der Waals surface area contributed by atoms with Crippen molar-refractivity contribution in [1.82, 2.24) is 10.3 Å². The van der Waals surface area contributed by atoms with E-state index in [0.717, 1.165) is 36.2 Å². The van der Waals surface area contributed by atoms with Crippen LogP contribution in [0.1, 0.15) is 25.7 Å². The third kappa shape index (κ3) is 3.24. The third-order valence-corrected chi connectivity index (χ3v) is 3.72. The van der Waals surface area contributed by atoms with Gasteiger partial charge in [-0.2, -0.15) is 0 Å². The quantitative estimate of drug-likeness (QED) is 0.912. The van der Waals surface area contributed by atoms with E-state index in [1.165, 1.54) is 19.3 Å². The van der Waals surface area contributed by atoms with Crippen LogP contribution in [0.2, 0.25) is 0 Å². The van der Waals surface area contributed by atoms with Crippen LogP contribution in [0.3, 0.4) is 0 Å². The van der Waals surface area contributed by atoms with Gasteiger partial charge in [0, 0.05) is 23.7 Å². The zero-order valence-electron chi connectivity index (χ0n) is 11.1. The van der Waals surface area contributed by atoms with E-state index in [4.69, 9.17) is 4.74 Å². The van der Waals surface area contributed by atoms with Crippen LogP contribution in [0.15, 0.2) is 36.5 Å². The summed E-state index contributed by atoms with van der Waals surface area (Å²) in [7, 11) is 0. The van der Waals surface area contributed by atoms with Gasteiger partial charge in [0.15, 0.2) is 0 Å². The van der Waals surface area contributed by atoms with Gasteiger partial charge in [-0.15, -0.1) is 0 Å². The van der Waals surface area contributed by atoms with Crippen LogP contribution >= 0.6 is 0 Å². The van der Waals surface area contributed by atoms with E-state index in [1.807, 2.05) is 24.4 Å². The van der Waals surface area contributed by atoms with Crippen LogP contribution in [-0.2, 0) is 0 Å². The second-order valence-corrected chi connectivity index (χ2v) is 5.14. The molecule has 1 fully saturated rings.